The molecule has 0 unspecified atom stereocenters. The van der Waals surface area contributed by atoms with Crippen LogP contribution in [0.3, 0.4) is 0 Å². The maximum Gasteiger partial charge on any atom is 0.332 e. The van der Waals surface area contributed by atoms with E-state index in [4.69, 9.17) is 19.3 Å². The summed E-state index contributed by atoms with van der Waals surface area (Å²) in [4.78, 5) is 21.0. The summed E-state index contributed by atoms with van der Waals surface area (Å²) in [5, 5.41) is 8.05. The van der Waals surface area contributed by atoms with Gasteiger partial charge in [-0.25, -0.2) is 9.59 Å². The van der Waals surface area contributed by atoms with Crippen LogP contribution in [0.4, 0.5) is 0 Å². The van der Waals surface area contributed by atoms with E-state index in [-0.39, 0.29) is 25.8 Å². The minimum atomic E-state index is -0.953. The van der Waals surface area contributed by atoms with Crippen molar-refractivity contribution in [1.29, 1.82) is 0 Å². The van der Waals surface area contributed by atoms with E-state index in [0.717, 1.165) is 5.56 Å². The van der Waals surface area contributed by atoms with Gasteiger partial charge in [-0.15, -0.1) is 0 Å². The van der Waals surface area contributed by atoms with Gasteiger partial charge >= 0.3 is 11.9 Å². The van der Waals surface area contributed by atoms with Crippen LogP contribution >= 0.6 is 0 Å². The number of carbonyl (C=O) groups excluding carboxylic acids is 1. The third-order valence-corrected chi connectivity index (χ3v) is 2.55. The average Bonchev–Trinajstić information content (AvgIpc) is 2.62. The summed E-state index contributed by atoms with van der Waals surface area (Å²) in [7, 11) is 3.11. The van der Waals surface area contributed by atoms with Gasteiger partial charge in [0.25, 0.3) is 0 Å². The number of hydrogen-bond acceptors (Lipinski definition) is 7. The van der Waals surface area contributed by atoms with E-state index >= 15 is 0 Å². The van der Waals surface area contributed by atoms with Crippen LogP contribution in [0.1, 0.15) is 5.56 Å². The zero-order chi connectivity index (χ0) is 18.8. The maximum atomic E-state index is 11.2. The molecule has 0 aliphatic rings. The van der Waals surface area contributed by atoms with Gasteiger partial charge in [-0.1, -0.05) is 30.3 Å². The number of aliphatic carboxylic acids is 1. The molecule has 0 aliphatic heterocycles. The van der Waals surface area contributed by atoms with Gasteiger partial charge in [0.1, 0.15) is 19.8 Å². The van der Waals surface area contributed by atoms with Crippen molar-refractivity contribution >= 4 is 11.9 Å². The molecule has 8 nitrogen and oxygen atoms in total. The zero-order valence-electron chi connectivity index (χ0n) is 14.6. The van der Waals surface area contributed by atoms with E-state index in [2.05, 4.69) is 9.47 Å². The summed E-state index contributed by atoms with van der Waals surface area (Å²) in [5.41, 5.74) is 0.966. The standard InChI is InChI=1S/C12H16O4.C5H10O4/c1-14-7-8-15-10-12(13)16-9-11-5-3-2-4-6-11;1-8-2-3-9-4-5(6)7/h2-6H,7-10H2,1H3;2-4H2,1H3,(H,6,7). The molecule has 1 rings (SSSR count). The van der Waals surface area contributed by atoms with Crippen LogP contribution in [-0.2, 0) is 39.9 Å². The number of esters is 1. The first-order valence-corrected chi connectivity index (χ1v) is 7.64. The predicted octanol–water partition coefficient (Wildman–Crippen LogP) is 1.13. The molecule has 0 radical (unpaired) electrons. The van der Waals surface area contributed by atoms with Gasteiger partial charge < -0.3 is 28.8 Å². The highest BCUT2D eigenvalue weighted by Crippen LogP contribution is 2.00. The molecule has 0 saturated carbocycles. The Labute approximate surface area is 147 Å². The first-order chi connectivity index (χ1) is 12.1. The molecule has 25 heavy (non-hydrogen) atoms. The summed E-state index contributed by atoms with van der Waals surface area (Å²) in [6, 6.07) is 9.52. The van der Waals surface area contributed by atoms with Crippen LogP contribution < -0.4 is 0 Å². The van der Waals surface area contributed by atoms with Crippen molar-refractivity contribution in [2.24, 2.45) is 0 Å². The van der Waals surface area contributed by atoms with E-state index in [9.17, 15) is 9.59 Å². The molecule has 0 saturated heterocycles. The van der Waals surface area contributed by atoms with E-state index in [0.29, 0.717) is 26.4 Å². The number of rotatable bonds is 12. The SMILES string of the molecule is COCCOCC(=O)O.COCCOCC(=O)OCc1ccccc1. The second kappa shape index (κ2) is 16.8. The fourth-order valence-corrected chi connectivity index (χ4v) is 1.38. The lowest BCUT2D eigenvalue weighted by molar-refractivity contribution is -0.150. The quantitative estimate of drug-likeness (QED) is 0.438. The molecule has 142 valence electrons. The lowest BCUT2D eigenvalue weighted by atomic mass is 10.2. The van der Waals surface area contributed by atoms with E-state index < -0.39 is 5.97 Å². The number of carbonyl (C=O) groups is 2. The first kappa shape index (κ1) is 23.0. The average molecular weight is 358 g/mol. The first-order valence-electron chi connectivity index (χ1n) is 7.64. The molecule has 0 atom stereocenters. The Hall–Kier alpha value is -2.00. The summed E-state index contributed by atoms with van der Waals surface area (Å²) < 4.78 is 24.0. The van der Waals surface area contributed by atoms with Gasteiger partial charge in [-0.3, -0.25) is 0 Å². The summed E-state index contributed by atoms with van der Waals surface area (Å²) in [6.45, 7) is 1.66. The Balaban J connectivity index is 0.000000547. The monoisotopic (exact) mass is 358 g/mol. The van der Waals surface area contributed by atoms with Crippen molar-refractivity contribution in [2.45, 2.75) is 6.61 Å². The van der Waals surface area contributed by atoms with Gasteiger partial charge in [-0.2, -0.15) is 0 Å². The highest BCUT2D eigenvalue weighted by atomic mass is 16.6. The molecule has 0 spiro atoms. The molecular formula is C17H26O8. The number of ether oxygens (including phenoxy) is 5. The van der Waals surface area contributed by atoms with Gasteiger partial charge in [0.05, 0.1) is 26.4 Å². The Morgan fingerprint density at radius 2 is 1.44 bits per heavy atom. The molecule has 1 aromatic carbocycles. The molecule has 0 aromatic heterocycles. The highest BCUT2D eigenvalue weighted by molar-refractivity contribution is 5.70. The third kappa shape index (κ3) is 16.6. The predicted molar refractivity (Wildman–Crippen MR) is 89.3 cm³/mol. The van der Waals surface area contributed by atoms with E-state index in [1.54, 1.807) is 7.11 Å². The Morgan fingerprint density at radius 3 is 1.96 bits per heavy atom. The lowest BCUT2D eigenvalue weighted by Gasteiger charge is -2.05. The van der Waals surface area contributed by atoms with E-state index in [1.165, 1.54) is 7.11 Å². The Kier molecular flexibility index (Phi) is 15.5. The molecule has 0 heterocycles. The molecule has 0 aliphatic carbocycles. The van der Waals surface area contributed by atoms with Gasteiger partial charge in [0.2, 0.25) is 0 Å². The van der Waals surface area contributed by atoms with Crippen molar-refractivity contribution in [1.82, 2.24) is 0 Å². The Bertz CT molecular complexity index is 449. The molecule has 8 heteroatoms. The van der Waals surface area contributed by atoms with E-state index in [1.807, 2.05) is 30.3 Å². The summed E-state index contributed by atoms with van der Waals surface area (Å²) in [5.74, 6) is -1.31. The second-order valence-electron chi connectivity index (χ2n) is 4.63. The van der Waals surface area contributed by atoms with Gasteiger partial charge in [0, 0.05) is 14.2 Å². The number of carboxylic acids is 1. The minimum Gasteiger partial charge on any atom is -0.480 e. The largest absolute Gasteiger partial charge is 0.480 e. The van der Waals surface area contributed by atoms with Gasteiger partial charge in [-0.05, 0) is 5.56 Å². The van der Waals surface area contributed by atoms with Crippen LogP contribution in [0.25, 0.3) is 0 Å². The number of carboxylic acid groups (broad SMARTS) is 1. The number of methoxy groups -OCH3 is 2. The molecule has 0 fully saturated rings. The van der Waals surface area contributed by atoms with Crippen LogP contribution in [0.5, 0.6) is 0 Å². The lowest BCUT2D eigenvalue weighted by Crippen LogP contribution is -2.14. The van der Waals surface area contributed by atoms with Crippen LogP contribution in [0.15, 0.2) is 30.3 Å². The number of hydrogen-bond donors (Lipinski definition) is 1. The van der Waals surface area contributed by atoms with Crippen molar-refractivity contribution in [2.75, 3.05) is 53.9 Å². The van der Waals surface area contributed by atoms with Crippen LogP contribution in [0, 0.1) is 0 Å². The molecule has 0 amide bonds. The van der Waals surface area contributed by atoms with Crippen molar-refractivity contribution < 1.29 is 38.4 Å². The van der Waals surface area contributed by atoms with Gasteiger partial charge in [0.15, 0.2) is 0 Å². The summed E-state index contributed by atoms with van der Waals surface area (Å²) >= 11 is 0. The van der Waals surface area contributed by atoms with Crippen molar-refractivity contribution in [3.8, 4) is 0 Å². The topological polar surface area (TPSA) is 101 Å². The second-order valence-corrected chi connectivity index (χ2v) is 4.63. The third-order valence-electron chi connectivity index (χ3n) is 2.55. The fraction of sp³-hybridized carbons (Fsp3) is 0.529. The van der Waals surface area contributed by atoms with Crippen LogP contribution in [0.2, 0.25) is 0 Å². The normalized spacial score (nSPS) is 9.84. The highest BCUT2D eigenvalue weighted by Gasteiger charge is 2.02. The summed E-state index contributed by atoms with van der Waals surface area (Å²) in [6.07, 6.45) is 0. The number of benzene rings is 1. The minimum absolute atomic E-state index is 0.0316. The maximum absolute atomic E-state index is 11.2. The Morgan fingerprint density at radius 1 is 0.880 bits per heavy atom. The fourth-order valence-electron chi connectivity index (χ4n) is 1.38. The molecule has 1 N–H and O–H groups in total. The molecular weight excluding hydrogens is 332 g/mol. The van der Waals surface area contributed by atoms with Crippen molar-refractivity contribution in [3.05, 3.63) is 35.9 Å². The molecule has 0 bridgehead atoms. The smallest absolute Gasteiger partial charge is 0.332 e. The molecule has 1 aromatic rings. The van der Waals surface area contributed by atoms with Crippen molar-refractivity contribution in [3.63, 3.8) is 0 Å². The van der Waals surface area contributed by atoms with Crippen LogP contribution in [-0.4, -0.2) is 70.9 Å². The zero-order valence-corrected chi connectivity index (χ0v) is 14.6.